The summed E-state index contributed by atoms with van der Waals surface area (Å²) in [5.41, 5.74) is 4.05. The number of likely N-dealkylation sites (tertiary alicyclic amines) is 1. The van der Waals surface area contributed by atoms with Crippen LogP contribution in [-0.4, -0.2) is 68.6 Å². The minimum Gasteiger partial charge on any atom is -0.504 e. The van der Waals surface area contributed by atoms with E-state index in [0.29, 0.717) is 40.3 Å². The van der Waals surface area contributed by atoms with E-state index < -0.39 is 29.7 Å². The van der Waals surface area contributed by atoms with E-state index in [1.54, 1.807) is 13.2 Å². The molecular weight excluding hydrogens is 581 g/mol. The number of ether oxygens (including phenoxy) is 4. The molecule has 0 spiro atoms. The van der Waals surface area contributed by atoms with Gasteiger partial charge in [0.2, 0.25) is 11.8 Å². The van der Waals surface area contributed by atoms with Gasteiger partial charge < -0.3 is 24.1 Å². The first-order valence-electron chi connectivity index (χ1n) is 11.7. The van der Waals surface area contributed by atoms with Crippen LogP contribution in [0, 0.1) is 21.3 Å². The largest absolute Gasteiger partial charge is 0.504 e. The van der Waals surface area contributed by atoms with Crippen LogP contribution in [0.2, 0.25) is 0 Å². The van der Waals surface area contributed by atoms with Gasteiger partial charge in [0.1, 0.15) is 0 Å². The fourth-order valence-electron chi connectivity index (χ4n) is 5.60. The van der Waals surface area contributed by atoms with E-state index in [2.05, 4.69) is 27.3 Å². The number of allylic oxidation sites excluding steroid dienone is 1. The summed E-state index contributed by atoms with van der Waals surface area (Å²) < 4.78 is 22.2. The molecule has 0 aromatic heterocycles. The number of hydrogen-bond donors (Lipinski definition) is 1. The Bertz CT molecular complexity index is 1140. The molecule has 1 aromatic carbocycles. The number of fused-ring (bicyclic) bond motifs is 3. The zero-order chi connectivity index (χ0) is 26.1. The summed E-state index contributed by atoms with van der Waals surface area (Å²) in [5, 5.41) is 10.1. The number of benzene rings is 1. The van der Waals surface area contributed by atoms with Crippen LogP contribution in [0.25, 0.3) is 6.08 Å². The van der Waals surface area contributed by atoms with E-state index in [0.717, 1.165) is 35.8 Å². The van der Waals surface area contributed by atoms with Crippen LogP contribution in [0.15, 0.2) is 28.9 Å². The molecule has 3 amide bonds. The normalized spacial score (nSPS) is 25.8. The molecule has 36 heavy (non-hydrogen) atoms. The fourth-order valence-corrected chi connectivity index (χ4v) is 6.22. The number of carbonyl (C=O) groups is 3. The van der Waals surface area contributed by atoms with Crippen molar-refractivity contribution in [3.63, 3.8) is 0 Å². The van der Waals surface area contributed by atoms with Gasteiger partial charge in [0.25, 0.3) is 0 Å². The molecule has 0 saturated carbocycles. The number of aromatic hydroxyl groups is 1. The number of hydrogen-bond acceptors (Lipinski definition) is 8. The molecule has 1 aromatic rings. The fraction of sp³-hybridized carbons (Fsp3) is 0.500. The summed E-state index contributed by atoms with van der Waals surface area (Å²) in [6.45, 7) is 2.70. The number of phenolic OH excluding ortho intramolecular Hbond substituents is 1. The maximum Gasteiger partial charge on any atom is 0.423 e. The topological polar surface area (TPSA) is 112 Å². The highest BCUT2D eigenvalue weighted by molar-refractivity contribution is 14.1. The quantitative estimate of drug-likeness (QED) is 0.281. The predicted molar refractivity (Wildman–Crippen MR) is 138 cm³/mol. The maximum atomic E-state index is 13.1. The Kier molecular flexibility index (Phi) is 8.06. The first-order valence-corrected chi connectivity index (χ1v) is 12.8. The molecule has 194 valence electrons. The Morgan fingerprint density at radius 1 is 1.22 bits per heavy atom. The van der Waals surface area contributed by atoms with Gasteiger partial charge in [-0.15, -0.1) is 0 Å². The number of amides is 3. The third-order valence-electron chi connectivity index (χ3n) is 7.17. The molecule has 0 unspecified atom stereocenters. The lowest BCUT2D eigenvalue weighted by atomic mass is 9.69. The van der Waals surface area contributed by atoms with Gasteiger partial charge in [-0.2, -0.15) is 4.90 Å². The standard InChI is InChI=1S/C26H30INO8/c1-13(7-14-8-18(27)23(29)20(9-14)34-3)5-6-19-21-15(11-33-2)10-16-22(17(21)12-36-19)25(31)28(24(16)30)26(32)35-4/h7-9,16-17,19,22,29H,5-6,10-12H2,1-4H3/b13-7+/t16-,17+,19-,22-/m1/s1. The molecule has 2 fully saturated rings. The van der Waals surface area contributed by atoms with E-state index >= 15 is 0 Å². The number of carbonyl (C=O) groups excluding carboxylic acids is 3. The average Bonchev–Trinajstić information content (AvgIpc) is 3.38. The van der Waals surface area contributed by atoms with Crippen molar-refractivity contribution in [3.8, 4) is 11.5 Å². The molecule has 1 aliphatic carbocycles. The first-order chi connectivity index (χ1) is 17.2. The Hall–Kier alpha value is -2.44. The molecule has 0 radical (unpaired) electrons. The SMILES string of the molecule is COCC1=C2[C@@H](CC/C(C)=C/c3cc(I)c(O)c(OC)c3)OC[C@@H]2[C@@H]2C(=O)N(C(=O)OC)C(=O)[C@@H]2C1. The summed E-state index contributed by atoms with van der Waals surface area (Å²) in [6, 6.07) is 3.68. The first kappa shape index (κ1) is 26.6. The minimum atomic E-state index is -0.939. The molecular formula is C26H30INO8. The van der Waals surface area contributed by atoms with Crippen molar-refractivity contribution >= 4 is 46.6 Å². The van der Waals surface area contributed by atoms with Gasteiger partial charge in [-0.3, -0.25) is 9.59 Å². The summed E-state index contributed by atoms with van der Waals surface area (Å²) in [4.78, 5) is 38.8. The maximum absolute atomic E-state index is 13.1. The number of rotatable bonds is 7. The van der Waals surface area contributed by atoms with Crippen molar-refractivity contribution < 1.29 is 38.4 Å². The summed E-state index contributed by atoms with van der Waals surface area (Å²) in [7, 11) is 4.28. The summed E-state index contributed by atoms with van der Waals surface area (Å²) in [5.74, 6) is -1.97. The van der Waals surface area contributed by atoms with Crippen molar-refractivity contribution in [2.75, 3.05) is 34.5 Å². The zero-order valence-corrected chi connectivity index (χ0v) is 22.9. The Balaban J connectivity index is 1.54. The van der Waals surface area contributed by atoms with Crippen LogP contribution in [0.4, 0.5) is 4.79 Å². The lowest BCUT2D eigenvalue weighted by Crippen LogP contribution is -2.38. The van der Waals surface area contributed by atoms with Crippen LogP contribution in [0.1, 0.15) is 31.7 Å². The summed E-state index contributed by atoms with van der Waals surface area (Å²) in [6.07, 6.45) is 2.72. The molecule has 2 aliphatic heterocycles. The van der Waals surface area contributed by atoms with Gasteiger partial charge in [-0.1, -0.05) is 11.6 Å². The molecule has 3 aliphatic rings. The van der Waals surface area contributed by atoms with Gasteiger partial charge in [-0.05, 0) is 77.6 Å². The lowest BCUT2D eigenvalue weighted by molar-refractivity contribution is -0.137. The number of methoxy groups -OCH3 is 3. The predicted octanol–water partition coefficient (Wildman–Crippen LogP) is 3.92. The van der Waals surface area contributed by atoms with Crippen LogP contribution in [0.5, 0.6) is 11.5 Å². The second kappa shape index (κ2) is 10.9. The van der Waals surface area contributed by atoms with Crippen LogP contribution in [-0.2, 0) is 23.8 Å². The van der Waals surface area contributed by atoms with Crippen molar-refractivity contribution in [2.24, 2.45) is 17.8 Å². The van der Waals surface area contributed by atoms with Crippen LogP contribution < -0.4 is 4.74 Å². The van der Waals surface area contributed by atoms with Gasteiger partial charge in [0, 0.05) is 13.0 Å². The molecule has 9 nitrogen and oxygen atoms in total. The second-order valence-electron chi connectivity index (χ2n) is 9.32. The molecule has 2 saturated heterocycles. The Morgan fingerprint density at radius 3 is 2.64 bits per heavy atom. The second-order valence-corrected chi connectivity index (χ2v) is 10.5. The zero-order valence-electron chi connectivity index (χ0n) is 20.7. The van der Waals surface area contributed by atoms with E-state index in [4.69, 9.17) is 14.2 Å². The minimum absolute atomic E-state index is 0.122. The molecule has 10 heteroatoms. The van der Waals surface area contributed by atoms with E-state index in [1.165, 1.54) is 7.11 Å². The monoisotopic (exact) mass is 611 g/mol. The smallest absolute Gasteiger partial charge is 0.423 e. The molecule has 4 rings (SSSR count). The average molecular weight is 611 g/mol. The van der Waals surface area contributed by atoms with Crippen molar-refractivity contribution in [3.05, 3.63) is 38.0 Å². The number of imide groups is 3. The third-order valence-corrected chi connectivity index (χ3v) is 7.99. The molecule has 2 heterocycles. The highest BCUT2D eigenvalue weighted by atomic mass is 127. The highest BCUT2D eigenvalue weighted by Gasteiger charge is 2.58. The molecule has 0 bridgehead atoms. The number of halogens is 1. The van der Waals surface area contributed by atoms with Gasteiger partial charge in [0.15, 0.2) is 11.5 Å². The van der Waals surface area contributed by atoms with Gasteiger partial charge >= 0.3 is 6.09 Å². The Labute approximate surface area is 223 Å². The van der Waals surface area contributed by atoms with Crippen molar-refractivity contribution in [1.82, 2.24) is 4.90 Å². The molecule has 1 N–H and O–H groups in total. The van der Waals surface area contributed by atoms with Crippen LogP contribution >= 0.6 is 22.6 Å². The Morgan fingerprint density at radius 2 is 1.97 bits per heavy atom. The van der Waals surface area contributed by atoms with E-state index in [9.17, 15) is 19.5 Å². The summed E-state index contributed by atoms with van der Waals surface area (Å²) >= 11 is 2.07. The van der Waals surface area contributed by atoms with Crippen molar-refractivity contribution in [2.45, 2.75) is 32.3 Å². The van der Waals surface area contributed by atoms with Crippen LogP contribution in [0.3, 0.4) is 0 Å². The number of nitrogens with zero attached hydrogens (tertiary/aromatic N) is 1. The lowest BCUT2D eigenvalue weighted by Gasteiger charge is -2.31. The molecule has 4 atom stereocenters. The van der Waals surface area contributed by atoms with E-state index in [-0.39, 0.29) is 17.8 Å². The highest BCUT2D eigenvalue weighted by Crippen LogP contribution is 2.50. The number of phenols is 1. The third kappa shape index (κ3) is 4.78. The van der Waals surface area contributed by atoms with Gasteiger partial charge in [0.05, 0.1) is 48.9 Å². The van der Waals surface area contributed by atoms with E-state index in [1.807, 2.05) is 19.1 Å². The van der Waals surface area contributed by atoms with Crippen molar-refractivity contribution in [1.29, 1.82) is 0 Å². The van der Waals surface area contributed by atoms with Gasteiger partial charge in [-0.25, -0.2) is 4.79 Å².